The molecule has 0 bridgehead atoms. The van der Waals surface area contributed by atoms with Gasteiger partial charge in [0.05, 0.1) is 0 Å². The second-order valence-corrected chi connectivity index (χ2v) is 3.23. The summed E-state index contributed by atoms with van der Waals surface area (Å²) in [6, 6.07) is 0. The molecule has 0 saturated heterocycles. The summed E-state index contributed by atoms with van der Waals surface area (Å²) in [5.41, 5.74) is 5.34. The van der Waals surface area contributed by atoms with Crippen molar-refractivity contribution in [1.29, 1.82) is 0 Å². The average Bonchev–Trinajstić information content (AvgIpc) is 1.90. The van der Waals surface area contributed by atoms with Crippen LogP contribution in [0.25, 0.3) is 0 Å². The molecular weight excluding hydrogens is 153 g/mol. The van der Waals surface area contributed by atoms with E-state index in [2.05, 4.69) is 6.58 Å². The van der Waals surface area contributed by atoms with E-state index in [-0.39, 0.29) is 5.57 Å². The molecule has 0 unspecified atom stereocenters. The molecule has 0 saturated carbocycles. The van der Waals surface area contributed by atoms with E-state index in [9.17, 15) is 4.79 Å². The zero-order valence-corrected chi connectivity index (χ0v) is 9.26. The molecule has 0 heterocycles. The number of rotatable bonds is 3. The van der Waals surface area contributed by atoms with Crippen molar-refractivity contribution in [3.05, 3.63) is 12.2 Å². The van der Waals surface area contributed by atoms with E-state index in [0.717, 1.165) is 6.54 Å². The number of nitrogens with two attached hydrogens (primary N) is 1. The number of aliphatic carboxylic acids is 1. The SMILES string of the molecule is C=C(C)C(=O)O.NCC[CH2][Na]. The molecule has 0 aromatic rings. The van der Waals surface area contributed by atoms with Gasteiger partial charge in [-0.25, -0.2) is 4.79 Å². The van der Waals surface area contributed by atoms with Crippen LogP contribution < -0.4 is 5.73 Å². The van der Waals surface area contributed by atoms with Crippen LogP contribution in [0.3, 0.4) is 0 Å². The van der Waals surface area contributed by atoms with E-state index in [1.165, 1.54) is 44.9 Å². The fraction of sp³-hybridized carbons (Fsp3) is 0.571. The normalized spacial score (nSPS) is 8.00. The molecule has 60 valence electrons. The summed E-state index contributed by atoms with van der Waals surface area (Å²) in [6.07, 6.45) is 1.23. The average molecular weight is 167 g/mol. The molecule has 0 aliphatic rings. The van der Waals surface area contributed by atoms with Crippen LogP contribution in [0.5, 0.6) is 0 Å². The van der Waals surface area contributed by atoms with Crippen LogP contribution in [0.4, 0.5) is 0 Å². The van der Waals surface area contributed by atoms with E-state index in [4.69, 9.17) is 10.8 Å². The Balaban J connectivity index is 0. The molecule has 0 aromatic heterocycles. The number of hydrogen-bond donors (Lipinski definition) is 2. The van der Waals surface area contributed by atoms with E-state index >= 15 is 0 Å². The van der Waals surface area contributed by atoms with Crippen molar-refractivity contribution in [1.82, 2.24) is 0 Å². The molecule has 0 amide bonds. The minimum absolute atomic E-state index is 0.176. The van der Waals surface area contributed by atoms with Gasteiger partial charge in [-0.15, -0.1) is 0 Å². The zero-order chi connectivity index (χ0) is 9.28. The topological polar surface area (TPSA) is 63.3 Å². The van der Waals surface area contributed by atoms with Crippen molar-refractivity contribution in [2.75, 3.05) is 6.54 Å². The van der Waals surface area contributed by atoms with Crippen LogP contribution in [0.15, 0.2) is 12.2 Å². The van der Waals surface area contributed by atoms with Crippen LogP contribution in [0.1, 0.15) is 13.3 Å². The van der Waals surface area contributed by atoms with E-state index < -0.39 is 5.97 Å². The molecule has 0 atom stereocenters. The number of carboxylic acids is 1. The van der Waals surface area contributed by atoms with Gasteiger partial charge in [0.15, 0.2) is 0 Å². The van der Waals surface area contributed by atoms with Gasteiger partial charge in [0.2, 0.25) is 0 Å². The van der Waals surface area contributed by atoms with Gasteiger partial charge >= 0.3 is 56.3 Å². The van der Waals surface area contributed by atoms with Gasteiger partial charge in [0.1, 0.15) is 0 Å². The van der Waals surface area contributed by atoms with Gasteiger partial charge in [-0.3, -0.25) is 0 Å². The quantitative estimate of drug-likeness (QED) is 0.477. The Labute approximate surface area is 85.1 Å². The predicted octanol–water partition coefficient (Wildman–Crippen LogP) is 0.569. The Kier molecular flexibility index (Phi) is 12.7. The van der Waals surface area contributed by atoms with Crippen molar-refractivity contribution in [3.8, 4) is 0 Å². The van der Waals surface area contributed by atoms with Gasteiger partial charge in [-0.1, -0.05) is 6.58 Å². The Morgan fingerprint density at radius 1 is 1.73 bits per heavy atom. The molecule has 0 aliphatic carbocycles. The van der Waals surface area contributed by atoms with Crippen LogP contribution in [0, 0.1) is 0 Å². The molecule has 11 heavy (non-hydrogen) atoms. The minimum atomic E-state index is -0.935. The fourth-order valence-electron chi connectivity index (χ4n) is 0.204. The van der Waals surface area contributed by atoms with Crippen LogP contribution in [-0.2, 0) is 4.79 Å². The van der Waals surface area contributed by atoms with Crippen molar-refractivity contribution >= 4 is 33.9 Å². The first-order valence-corrected chi connectivity index (χ1v) is 5.06. The number of carbonyl (C=O) groups is 1. The third-order valence-electron chi connectivity index (χ3n) is 0.923. The second kappa shape index (κ2) is 10.2. The molecule has 0 aliphatic heterocycles. The van der Waals surface area contributed by atoms with Crippen LogP contribution in [-0.4, -0.2) is 45.6 Å². The third kappa shape index (κ3) is 17.8. The van der Waals surface area contributed by atoms with E-state index in [1.807, 2.05) is 0 Å². The maximum absolute atomic E-state index is 9.60. The molecule has 0 rings (SSSR count). The molecule has 3 N–H and O–H groups in total. The van der Waals surface area contributed by atoms with Crippen LogP contribution >= 0.6 is 0 Å². The van der Waals surface area contributed by atoms with Crippen molar-refractivity contribution in [2.24, 2.45) is 5.73 Å². The maximum atomic E-state index is 9.60. The van der Waals surface area contributed by atoms with Crippen molar-refractivity contribution in [3.63, 3.8) is 0 Å². The zero-order valence-electron chi connectivity index (χ0n) is 7.26. The molecule has 3 nitrogen and oxygen atoms in total. The summed E-state index contributed by atoms with van der Waals surface area (Å²) in [6.45, 7) is 5.48. The van der Waals surface area contributed by atoms with Gasteiger partial charge in [-0.2, -0.15) is 0 Å². The standard InChI is InChI=1S/C4H6O2.C3H8N.Na/c1-3(2)4(5)6;1-2-3-4;/h1H2,2H3,(H,5,6);1-4H2;. The second-order valence-electron chi connectivity index (χ2n) is 2.23. The summed E-state index contributed by atoms with van der Waals surface area (Å²) in [7, 11) is 0. The Hall–Kier alpha value is 0.170. The number of hydrogen-bond acceptors (Lipinski definition) is 2. The Morgan fingerprint density at radius 3 is 2.09 bits per heavy atom. The monoisotopic (exact) mass is 167 g/mol. The van der Waals surface area contributed by atoms with Crippen LogP contribution in [0.2, 0.25) is 3.67 Å². The molecule has 4 heteroatoms. The third-order valence-corrected chi connectivity index (χ3v) is 1.63. The first kappa shape index (κ1) is 13.7. The van der Waals surface area contributed by atoms with Crippen molar-refractivity contribution < 1.29 is 9.90 Å². The first-order chi connectivity index (χ1) is 5.06. The van der Waals surface area contributed by atoms with Gasteiger partial charge in [0.25, 0.3) is 0 Å². The van der Waals surface area contributed by atoms with Gasteiger partial charge < -0.3 is 5.11 Å². The molecule has 0 spiro atoms. The molecule has 0 aromatic carbocycles. The van der Waals surface area contributed by atoms with Gasteiger partial charge in [-0.05, 0) is 6.92 Å². The fourth-order valence-corrected chi connectivity index (χ4v) is 0.612. The molecular formula is C7H14NNaO2. The molecule has 0 fully saturated rings. The number of carboxylic acid groups (broad SMARTS) is 1. The van der Waals surface area contributed by atoms with E-state index in [0.29, 0.717) is 0 Å². The molecule has 0 radical (unpaired) electrons. The Morgan fingerprint density at radius 2 is 2.09 bits per heavy atom. The summed E-state index contributed by atoms with van der Waals surface area (Å²) in [5.74, 6) is -0.935. The van der Waals surface area contributed by atoms with E-state index in [1.54, 1.807) is 0 Å². The summed E-state index contributed by atoms with van der Waals surface area (Å²) < 4.78 is 1.36. The Bertz CT molecular complexity index is 112. The van der Waals surface area contributed by atoms with Crippen molar-refractivity contribution in [2.45, 2.75) is 17.0 Å². The summed E-state index contributed by atoms with van der Waals surface area (Å²) in [4.78, 5) is 9.60. The predicted molar refractivity (Wildman–Crippen MR) is 46.7 cm³/mol. The first-order valence-electron chi connectivity index (χ1n) is 3.65. The summed E-state index contributed by atoms with van der Waals surface area (Å²) in [5, 5.41) is 7.89. The summed E-state index contributed by atoms with van der Waals surface area (Å²) >= 11 is 1.32. The van der Waals surface area contributed by atoms with Gasteiger partial charge in [0, 0.05) is 5.57 Å².